The predicted molar refractivity (Wildman–Crippen MR) is 125 cm³/mol. The maximum atomic E-state index is 5.64. The van der Waals surface area contributed by atoms with E-state index in [1.54, 1.807) is 0 Å². The second-order valence-corrected chi connectivity index (χ2v) is 8.73. The van der Waals surface area contributed by atoms with E-state index >= 15 is 0 Å². The van der Waals surface area contributed by atoms with Crippen molar-refractivity contribution >= 4 is 16.9 Å². The molecule has 0 spiro atoms. The van der Waals surface area contributed by atoms with Gasteiger partial charge in [0.1, 0.15) is 5.75 Å². The molecule has 7 nitrogen and oxygen atoms in total. The molecule has 1 aromatic heterocycles. The SMILES string of the molecule is CCOc1ccc2nc(N3CCCC(N(C)CCN4CCOCC4)CC3)nc(C)c2c1. The molecule has 170 valence electrons. The van der Waals surface area contributed by atoms with Gasteiger partial charge in [0.2, 0.25) is 5.95 Å². The monoisotopic (exact) mass is 427 g/mol. The first kappa shape index (κ1) is 22.2. The summed E-state index contributed by atoms with van der Waals surface area (Å²) in [5.74, 6) is 1.75. The first-order valence-corrected chi connectivity index (χ1v) is 11.8. The number of fused-ring (bicyclic) bond motifs is 1. The van der Waals surface area contributed by atoms with E-state index in [2.05, 4.69) is 40.8 Å². The van der Waals surface area contributed by atoms with Crippen molar-refractivity contribution in [2.45, 2.75) is 39.2 Å². The molecule has 2 fully saturated rings. The van der Waals surface area contributed by atoms with Gasteiger partial charge in [0.15, 0.2) is 0 Å². The minimum Gasteiger partial charge on any atom is -0.494 e. The maximum absolute atomic E-state index is 5.64. The number of aryl methyl sites for hydroxylation is 1. The summed E-state index contributed by atoms with van der Waals surface area (Å²) in [6, 6.07) is 6.74. The maximum Gasteiger partial charge on any atom is 0.226 e. The fourth-order valence-electron chi connectivity index (χ4n) is 4.67. The summed E-state index contributed by atoms with van der Waals surface area (Å²) >= 11 is 0. The van der Waals surface area contributed by atoms with Gasteiger partial charge in [0.05, 0.1) is 31.0 Å². The Bertz CT molecular complexity index is 855. The van der Waals surface area contributed by atoms with Crippen molar-refractivity contribution in [3.8, 4) is 5.75 Å². The Morgan fingerprint density at radius 2 is 1.97 bits per heavy atom. The molecule has 0 saturated carbocycles. The summed E-state index contributed by atoms with van der Waals surface area (Å²) in [5, 5.41) is 1.07. The highest BCUT2D eigenvalue weighted by atomic mass is 16.5. The van der Waals surface area contributed by atoms with Gasteiger partial charge < -0.3 is 19.3 Å². The van der Waals surface area contributed by atoms with Crippen LogP contribution in [-0.2, 0) is 4.74 Å². The van der Waals surface area contributed by atoms with Crippen molar-refractivity contribution in [2.75, 3.05) is 71.0 Å². The highest BCUT2D eigenvalue weighted by molar-refractivity contribution is 5.83. The molecule has 0 aliphatic carbocycles. The Hall–Kier alpha value is -1.96. The molecule has 0 N–H and O–H groups in total. The lowest BCUT2D eigenvalue weighted by Crippen LogP contribution is -2.43. The molecule has 2 aromatic rings. The average molecular weight is 428 g/mol. The van der Waals surface area contributed by atoms with E-state index in [1.807, 2.05) is 13.0 Å². The Labute approximate surface area is 186 Å². The fourth-order valence-corrected chi connectivity index (χ4v) is 4.67. The van der Waals surface area contributed by atoms with Crippen molar-refractivity contribution in [3.63, 3.8) is 0 Å². The van der Waals surface area contributed by atoms with Crippen molar-refractivity contribution in [1.29, 1.82) is 0 Å². The van der Waals surface area contributed by atoms with E-state index in [0.717, 1.165) is 87.2 Å². The Morgan fingerprint density at radius 1 is 1.13 bits per heavy atom. The zero-order chi connectivity index (χ0) is 21.6. The van der Waals surface area contributed by atoms with Gasteiger partial charge in [-0.05, 0) is 58.4 Å². The van der Waals surface area contributed by atoms with E-state index in [4.69, 9.17) is 19.4 Å². The molecule has 4 rings (SSSR count). The van der Waals surface area contributed by atoms with Crippen LogP contribution in [0.4, 0.5) is 5.95 Å². The van der Waals surface area contributed by atoms with Crippen molar-refractivity contribution < 1.29 is 9.47 Å². The number of nitrogens with zero attached hydrogens (tertiary/aromatic N) is 5. The molecule has 31 heavy (non-hydrogen) atoms. The smallest absolute Gasteiger partial charge is 0.226 e. The normalized spacial score (nSPS) is 20.9. The summed E-state index contributed by atoms with van der Waals surface area (Å²) in [5.41, 5.74) is 2.01. The topological polar surface area (TPSA) is 54.0 Å². The summed E-state index contributed by atoms with van der Waals surface area (Å²) < 4.78 is 11.1. The second kappa shape index (κ2) is 10.6. The van der Waals surface area contributed by atoms with Crippen LogP contribution in [0.5, 0.6) is 5.75 Å². The fraction of sp³-hybridized carbons (Fsp3) is 0.667. The quantitative estimate of drug-likeness (QED) is 0.673. The largest absolute Gasteiger partial charge is 0.494 e. The van der Waals surface area contributed by atoms with Crippen LogP contribution in [-0.4, -0.2) is 91.9 Å². The number of aromatic nitrogens is 2. The standard InChI is InChI=1S/C24H37N5O2/c1-4-31-21-7-8-23-22(18-21)19(2)25-24(26-23)29-10-5-6-20(9-11-29)27(3)12-13-28-14-16-30-17-15-28/h7-8,18,20H,4-6,9-17H2,1-3H3. The summed E-state index contributed by atoms with van der Waals surface area (Å²) in [6.45, 7) is 12.9. The average Bonchev–Trinajstić information content (AvgIpc) is 3.05. The van der Waals surface area contributed by atoms with Crippen LogP contribution < -0.4 is 9.64 Å². The Balaban J connectivity index is 1.37. The van der Waals surface area contributed by atoms with Crippen molar-refractivity contribution in [1.82, 2.24) is 19.8 Å². The van der Waals surface area contributed by atoms with Gasteiger partial charge in [-0.3, -0.25) is 4.90 Å². The lowest BCUT2D eigenvalue weighted by molar-refractivity contribution is 0.0323. The molecular formula is C24H37N5O2. The van der Waals surface area contributed by atoms with Crippen LogP contribution in [0.3, 0.4) is 0 Å². The molecule has 1 atom stereocenters. The first-order valence-electron chi connectivity index (χ1n) is 11.8. The third kappa shape index (κ3) is 5.64. The molecule has 0 radical (unpaired) electrons. The molecule has 1 aromatic carbocycles. The molecular weight excluding hydrogens is 390 g/mol. The van der Waals surface area contributed by atoms with Gasteiger partial charge >= 0.3 is 0 Å². The molecule has 1 unspecified atom stereocenters. The molecule has 0 amide bonds. The number of likely N-dealkylation sites (N-methyl/N-ethyl adjacent to an activating group) is 1. The number of hydrogen-bond donors (Lipinski definition) is 0. The Kier molecular flexibility index (Phi) is 7.58. The number of benzene rings is 1. The lowest BCUT2D eigenvalue weighted by atomic mass is 10.1. The van der Waals surface area contributed by atoms with Crippen LogP contribution in [0.15, 0.2) is 18.2 Å². The zero-order valence-electron chi connectivity index (χ0n) is 19.3. The van der Waals surface area contributed by atoms with Gasteiger partial charge in [0.25, 0.3) is 0 Å². The number of ether oxygens (including phenoxy) is 2. The zero-order valence-corrected chi connectivity index (χ0v) is 19.3. The van der Waals surface area contributed by atoms with E-state index in [-0.39, 0.29) is 0 Å². The van der Waals surface area contributed by atoms with Crippen LogP contribution in [0.25, 0.3) is 10.9 Å². The number of hydrogen-bond acceptors (Lipinski definition) is 7. The lowest BCUT2D eigenvalue weighted by Gasteiger charge is -2.32. The van der Waals surface area contributed by atoms with Crippen LogP contribution in [0.1, 0.15) is 31.9 Å². The third-order valence-electron chi connectivity index (χ3n) is 6.63. The van der Waals surface area contributed by atoms with E-state index < -0.39 is 0 Å². The summed E-state index contributed by atoms with van der Waals surface area (Å²) in [7, 11) is 2.29. The van der Waals surface area contributed by atoms with E-state index in [9.17, 15) is 0 Å². The van der Waals surface area contributed by atoms with Gasteiger partial charge in [-0.2, -0.15) is 0 Å². The second-order valence-electron chi connectivity index (χ2n) is 8.73. The highest BCUT2D eigenvalue weighted by Gasteiger charge is 2.23. The molecule has 2 saturated heterocycles. The van der Waals surface area contributed by atoms with Gasteiger partial charge in [-0.1, -0.05) is 0 Å². The minimum absolute atomic E-state index is 0.626. The predicted octanol–water partition coefficient (Wildman–Crippen LogP) is 2.96. The minimum atomic E-state index is 0.626. The molecule has 0 bridgehead atoms. The summed E-state index contributed by atoms with van der Waals surface area (Å²) in [6.07, 6.45) is 3.57. The van der Waals surface area contributed by atoms with Crippen LogP contribution in [0, 0.1) is 6.92 Å². The third-order valence-corrected chi connectivity index (χ3v) is 6.63. The van der Waals surface area contributed by atoms with E-state index in [1.165, 1.54) is 12.8 Å². The van der Waals surface area contributed by atoms with Gasteiger partial charge in [-0.15, -0.1) is 0 Å². The molecule has 2 aliphatic heterocycles. The van der Waals surface area contributed by atoms with Crippen molar-refractivity contribution in [3.05, 3.63) is 23.9 Å². The van der Waals surface area contributed by atoms with Gasteiger partial charge in [-0.25, -0.2) is 9.97 Å². The summed E-state index contributed by atoms with van der Waals surface area (Å²) in [4.78, 5) is 17.2. The first-order chi connectivity index (χ1) is 15.1. The molecule has 3 heterocycles. The number of rotatable bonds is 7. The number of morpholine rings is 1. The van der Waals surface area contributed by atoms with Crippen LogP contribution in [0.2, 0.25) is 0 Å². The Morgan fingerprint density at radius 3 is 2.77 bits per heavy atom. The van der Waals surface area contributed by atoms with Crippen LogP contribution >= 0.6 is 0 Å². The highest BCUT2D eigenvalue weighted by Crippen LogP contribution is 2.26. The van der Waals surface area contributed by atoms with E-state index in [0.29, 0.717) is 12.6 Å². The van der Waals surface area contributed by atoms with Gasteiger partial charge in [0, 0.05) is 50.7 Å². The number of anilines is 1. The molecule has 2 aliphatic rings. The molecule has 7 heteroatoms. The van der Waals surface area contributed by atoms with Crippen molar-refractivity contribution in [2.24, 2.45) is 0 Å².